The molecule has 0 aliphatic rings. The van der Waals surface area contributed by atoms with Crippen LogP contribution in [0.15, 0.2) is 109 Å². The highest BCUT2D eigenvalue weighted by molar-refractivity contribution is 14.2. The first-order chi connectivity index (χ1) is 16.6. The number of hydrogen-bond acceptors (Lipinski definition) is 3. The topological polar surface area (TPSA) is 71.4 Å². The first-order valence-electron chi connectivity index (χ1n) is 10.6. The molecule has 34 heavy (non-hydrogen) atoms. The van der Waals surface area contributed by atoms with Gasteiger partial charge in [-0.1, -0.05) is 103 Å². The number of carboxylic acid groups (broad SMARTS) is 1. The molecule has 0 aliphatic carbocycles. The zero-order valence-corrected chi connectivity index (χ0v) is 20.1. The molecule has 4 nitrogen and oxygen atoms in total. The van der Waals surface area contributed by atoms with Gasteiger partial charge < -0.3 is 5.11 Å². The van der Waals surface area contributed by atoms with Gasteiger partial charge in [0.1, 0.15) is 0 Å². The molecule has 0 radical (unpaired) electrons. The maximum atomic E-state index is 12.6. The molecule has 5 rings (SSSR count). The first-order valence-corrected chi connectivity index (χ1v) is 13.5. The quantitative estimate of drug-likeness (QED) is 0.223. The van der Waals surface area contributed by atoms with Crippen molar-refractivity contribution in [2.45, 2.75) is 0 Å². The minimum absolute atomic E-state index is 0.0854. The van der Waals surface area contributed by atoms with E-state index in [0.29, 0.717) is 16.5 Å². The highest BCUT2D eigenvalue weighted by Gasteiger charge is 2.26. The van der Waals surface area contributed by atoms with Gasteiger partial charge in [0.15, 0.2) is 0 Å². The normalized spacial score (nSPS) is 11.1. The zero-order valence-electron chi connectivity index (χ0n) is 17.9. The van der Waals surface area contributed by atoms with Crippen LogP contribution in [0.2, 0.25) is 0 Å². The molecule has 0 aromatic heterocycles. The Balaban J connectivity index is 2.07. The van der Waals surface area contributed by atoms with Crippen molar-refractivity contribution >= 4 is 36.5 Å². The number of halogens is 1. The van der Waals surface area contributed by atoms with Crippen molar-refractivity contribution in [1.82, 2.24) is 0 Å². The van der Waals surface area contributed by atoms with E-state index >= 15 is 0 Å². The summed E-state index contributed by atoms with van der Waals surface area (Å²) in [5.74, 6) is -1.25. The fourth-order valence-electron chi connectivity index (χ4n) is 4.43. The molecule has 166 valence electrons. The Kier molecular flexibility index (Phi) is 5.94. The van der Waals surface area contributed by atoms with E-state index in [9.17, 15) is 16.0 Å². The summed E-state index contributed by atoms with van der Waals surface area (Å²) in [5.41, 5.74) is 4.67. The smallest absolute Gasteiger partial charge is 0.342 e. The van der Waals surface area contributed by atoms with Gasteiger partial charge in [0.05, 0.1) is 9.13 Å². The summed E-state index contributed by atoms with van der Waals surface area (Å²) in [6.45, 7) is 0. The monoisotopic (exact) mass is 558 g/mol. The average molecular weight is 558 g/mol. The third kappa shape index (κ3) is 3.88. The number of rotatable bonds is 5. The molecule has 0 bridgehead atoms. The van der Waals surface area contributed by atoms with E-state index in [1.54, 1.807) is 0 Å². The van der Waals surface area contributed by atoms with E-state index in [1.165, 1.54) is 6.07 Å². The highest BCUT2D eigenvalue weighted by atomic mass is 127. The van der Waals surface area contributed by atoms with Crippen LogP contribution in [-0.4, -0.2) is 11.1 Å². The second-order valence-electron chi connectivity index (χ2n) is 7.82. The predicted octanol–water partition coefficient (Wildman–Crippen LogP) is 7.91. The van der Waals surface area contributed by atoms with E-state index in [-0.39, 0.29) is 9.13 Å². The molecule has 1 N–H and O–H groups in total. The maximum absolute atomic E-state index is 12.6. The zero-order chi connectivity index (χ0) is 23.7. The molecular formula is C29H19IO4. The SMILES string of the molecule is O=C(O)c1cc2ccc(-c3ccccc3)c(-c3ccccc3)c2c(-c2ccccc2)c1I(=O)=O. The minimum Gasteiger partial charge on any atom is -0.478 e. The van der Waals surface area contributed by atoms with E-state index < -0.39 is 25.8 Å². The van der Waals surface area contributed by atoms with Gasteiger partial charge in [-0.25, -0.2) is 10.9 Å². The molecule has 0 unspecified atom stereocenters. The van der Waals surface area contributed by atoms with E-state index in [2.05, 4.69) is 0 Å². The third-order valence-corrected chi connectivity index (χ3v) is 7.84. The van der Waals surface area contributed by atoms with Gasteiger partial charge in [-0.15, -0.1) is 0 Å². The van der Waals surface area contributed by atoms with Crippen molar-refractivity contribution in [2.24, 2.45) is 0 Å². The van der Waals surface area contributed by atoms with Crippen LogP contribution >= 0.6 is 19.8 Å². The second kappa shape index (κ2) is 9.19. The van der Waals surface area contributed by atoms with Crippen LogP contribution in [0.3, 0.4) is 0 Å². The maximum Gasteiger partial charge on any atom is 0.342 e. The van der Waals surface area contributed by atoms with E-state index in [0.717, 1.165) is 27.6 Å². The van der Waals surface area contributed by atoms with Gasteiger partial charge in [0, 0.05) is 5.56 Å². The molecule has 0 atom stereocenters. The summed E-state index contributed by atoms with van der Waals surface area (Å²) in [7, 11) is 0. The number of fused-ring (bicyclic) bond motifs is 1. The minimum atomic E-state index is -4.23. The van der Waals surface area contributed by atoms with Crippen LogP contribution in [0.1, 0.15) is 10.4 Å². The first kappa shape index (κ1) is 22.0. The largest absolute Gasteiger partial charge is 0.478 e. The molecule has 5 aromatic rings. The molecule has 0 heterocycles. The molecule has 0 fully saturated rings. The summed E-state index contributed by atoms with van der Waals surface area (Å²) >= 11 is -4.23. The standard InChI is InChI=1S/C29H19IO4/c31-29(32)24-18-22-16-17-23(19-10-4-1-5-11-19)25(20-12-6-2-7-13-20)26(22)27(28(24)30(33)34)21-14-8-3-9-15-21/h1-18H,(H,31,32). The lowest BCUT2D eigenvalue weighted by molar-refractivity contribution is 0.0696. The van der Waals surface area contributed by atoms with E-state index in [1.807, 2.05) is 103 Å². The lowest BCUT2D eigenvalue weighted by atomic mass is 9.85. The molecule has 0 saturated carbocycles. The van der Waals surface area contributed by atoms with Gasteiger partial charge in [-0.05, 0) is 44.7 Å². The predicted molar refractivity (Wildman–Crippen MR) is 141 cm³/mol. The summed E-state index contributed by atoms with van der Waals surface area (Å²) in [6, 6.07) is 34.2. The Labute approximate surface area is 203 Å². The van der Waals surface area contributed by atoms with Crippen LogP contribution in [0, 0.1) is 3.57 Å². The van der Waals surface area contributed by atoms with Crippen molar-refractivity contribution in [2.75, 3.05) is 0 Å². The Morgan fingerprint density at radius 2 is 1.12 bits per heavy atom. The molecule has 0 saturated heterocycles. The van der Waals surface area contributed by atoms with Crippen molar-refractivity contribution in [1.29, 1.82) is 0 Å². The van der Waals surface area contributed by atoms with Crippen molar-refractivity contribution in [3.8, 4) is 33.4 Å². The second-order valence-corrected chi connectivity index (χ2v) is 10.1. The third-order valence-electron chi connectivity index (χ3n) is 5.84. The van der Waals surface area contributed by atoms with Gasteiger partial charge in [-0.2, -0.15) is 0 Å². The lowest BCUT2D eigenvalue weighted by Crippen LogP contribution is -2.04. The number of carboxylic acids is 1. The Hall–Kier alpha value is -3.84. The van der Waals surface area contributed by atoms with Crippen molar-refractivity contribution in [3.05, 3.63) is 118 Å². The van der Waals surface area contributed by atoms with Crippen molar-refractivity contribution in [3.63, 3.8) is 0 Å². The number of aromatic carboxylic acids is 1. The highest BCUT2D eigenvalue weighted by Crippen LogP contribution is 2.46. The fraction of sp³-hybridized carbons (Fsp3) is 0. The van der Waals surface area contributed by atoms with Gasteiger partial charge >= 0.3 is 25.8 Å². The van der Waals surface area contributed by atoms with E-state index in [4.69, 9.17) is 0 Å². The Bertz CT molecular complexity index is 1580. The van der Waals surface area contributed by atoms with Crippen LogP contribution in [0.5, 0.6) is 0 Å². The number of carbonyl (C=O) groups is 1. The van der Waals surface area contributed by atoms with Crippen molar-refractivity contribution < 1.29 is 16.0 Å². The Morgan fingerprint density at radius 1 is 0.618 bits per heavy atom. The summed E-state index contributed by atoms with van der Waals surface area (Å²) in [4.78, 5) is 12.1. The van der Waals surface area contributed by atoms with Crippen LogP contribution in [0.25, 0.3) is 44.2 Å². The number of hydrogen-bond donors (Lipinski definition) is 1. The summed E-state index contributed by atoms with van der Waals surface area (Å²) < 4.78 is 25.2. The molecule has 5 aromatic carbocycles. The molecule has 0 amide bonds. The summed E-state index contributed by atoms with van der Waals surface area (Å²) in [6.07, 6.45) is 0. The van der Waals surface area contributed by atoms with Gasteiger partial charge in [-0.3, -0.25) is 0 Å². The molecule has 0 aliphatic heterocycles. The fourth-order valence-corrected chi connectivity index (χ4v) is 6.31. The molecular weight excluding hydrogens is 539 g/mol. The molecule has 5 heteroatoms. The van der Waals surface area contributed by atoms with Crippen LogP contribution < -0.4 is 0 Å². The van der Waals surface area contributed by atoms with Gasteiger partial charge in [0.2, 0.25) is 0 Å². The Morgan fingerprint density at radius 3 is 1.62 bits per heavy atom. The average Bonchev–Trinajstić information content (AvgIpc) is 2.88. The van der Waals surface area contributed by atoms with Crippen LogP contribution in [-0.2, 0) is 6.14 Å². The molecule has 0 spiro atoms. The summed E-state index contributed by atoms with van der Waals surface area (Å²) in [5, 5.41) is 11.3. The van der Waals surface area contributed by atoms with Crippen LogP contribution in [0.4, 0.5) is 0 Å². The number of benzene rings is 5. The lowest BCUT2D eigenvalue weighted by Gasteiger charge is -2.19. The van der Waals surface area contributed by atoms with Gasteiger partial charge in [0.25, 0.3) is 0 Å².